The molecule has 2 heterocycles. The van der Waals surface area contributed by atoms with Gasteiger partial charge in [-0.25, -0.2) is 4.79 Å². The van der Waals surface area contributed by atoms with Crippen LogP contribution in [0.1, 0.15) is 29.5 Å². The lowest BCUT2D eigenvalue weighted by molar-refractivity contribution is 0.160. The van der Waals surface area contributed by atoms with E-state index in [2.05, 4.69) is 28.4 Å². The molecule has 2 aromatic rings. The number of likely N-dealkylation sites (tertiary alicyclic amines) is 1. The molecule has 2 amide bonds. The van der Waals surface area contributed by atoms with E-state index in [1.165, 1.54) is 11.1 Å². The van der Waals surface area contributed by atoms with E-state index in [4.69, 9.17) is 0 Å². The van der Waals surface area contributed by atoms with E-state index in [1.807, 2.05) is 29.2 Å². The van der Waals surface area contributed by atoms with Gasteiger partial charge >= 0.3 is 6.03 Å². The maximum Gasteiger partial charge on any atom is 0.317 e. The molecule has 1 unspecified atom stereocenters. The van der Waals surface area contributed by atoms with Gasteiger partial charge in [-0.1, -0.05) is 36.4 Å². The number of piperidine rings is 1. The predicted octanol–water partition coefficient (Wildman–Crippen LogP) is 3.12. The van der Waals surface area contributed by atoms with Crippen LogP contribution in [0.3, 0.4) is 0 Å². The summed E-state index contributed by atoms with van der Waals surface area (Å²) in [4.78, 5) is 17.0. The Labute approximate surface area is 160 Å². The summed E-state index contributed by atoms with van der Waals surface area (Å²) in [5.74, 6) is 0.305. The minimum absolute atomic E-state index is 0.0497. The van der Waals surface area contributed by atoms with Gasteiger partial charge in [-0.05, 0) is 54.6 Å². The predicted molar refractivity (Wildman–Crippen MR) is 105 cm³/mol. The number of carbonyl (C=O) groups is 1. The summed E-state index contributed by atoms with van der Waals surface area (Å²) < 4.78 is 0. The van der Waals surface area contributed by atoms with Crippen molar-refractivity contribution in [2.45, 2.75) is 38.4 Å². The van der Waals surface area contributed by atoms with Gasteiger partial charge in [0.15, 0.2) is 0 Å². The molecule has 2 N–H and O–H groups in total. The van der Waals surface area contributed by atoms with Crippen LogP contribution in [0, 0.1) is 0 Å². The highest BCUT2D eigenvalue weighted by Gasteiger charge is 2.25. The summed E-state index contributed by atoms with van der Waals surface area (Å²) >= 11 is 0. The number of aromatic hydroxyl groups is 1. The van der Waals surface area contributed by atoms with Crippen LogP contribution in [0.4, 0.5) is 4.79 Å². The van der Waals surface area contributed by atoms with E-state index in [0.29, 0.717) is 12.3 Å². The van der Waals surface area contributed by atoms with E-state index in [1.54, 1.807) is 6.07 Å². The minimum Gasteiger partial charge on any atom is -0.508 e. The Balaban J connectivity index is 1.32. The van der Waals surface area contributed by atoms with Gasteiger partial charge in [0.25, 0.3) is 0 Å². The van der Waals surface area contributed by atoms with E-state index < -0.39 is 0 Å². The second-order valence-corrected chi connectivity index (χ2v) is 7.63. The topological polar surface area (TPSA) is 55.8 Å². The lowest BCUT2D eigenvalue weighted by Gasteiger charge is -2.35. The van der Waals surface area contributed by atoms with Gasteiger partial charge in [-0.2, -0.15) is 0 Å². The fraction of sp³-hybridized carbons (Fsp3) is 0.409. The smallest absolute Gasteiger partial charge is 0.317 e. The first kappa shape index (κ1) is 17.9. The van der Waals surface area contributed by atoms with Gasteiger partial charge in [-0.15, -0.1) is 0 Å². The maximum absolute atomic E-state index is 12.7. The summed E-state index contributed by atoms with van der Waals surface area (Å²) in [6.07, 6.45) is 3.02. The van der Waals surface area contributed by atoms with Crippen LogP contribution in [0.15, 0.2) is 48.5 Å². The average molecular weight is 365 g/mol. The number of rotatable bonds is 3. The highest BCUT2D eigenvalue weighted by molar-refractivity contribution is 5.75. The summed E-state index contributed by atoms with van der Waals surface area (Å²) in [6.45, 7) is 4.16. The summed E-state index contributed by atoms with van der Waals surface area (Å²) in [7, 11) is 0. The Morgan fingerprint density at radius 2 is 1.96 bits per heavy atom. The normalized spacial score (nSPS) is 20.1. The van der Waals surface area contributed by atoms with Crippen LogP contribution in [-0.4, -0.2) is 46.6 Å². The first-order chi connectivity index (χ1) is 13.2. The quantitative estimate of drug-likeness (QED) is 0.879. The number of fused-ring (bicyclic) bond motifs is 1. The van der Waals surface area contributed by atoms with Crippen molar-refractivity contribution in [3.05, 3.63) is 65.2 Å². The van der Waals surface area contributed by atoms with Crippen molar-refractivity contribution >= 4 is 6.03 Å². The number of urea groups is 1. The fourth-order valence-electron chi connectivity index (χ4n) is 4.16. The number of carbonyl (C=O) groups excluding carboxylic acids is 1. The van der Waals surface area contributed by atoms with Gasteiger partial charge in [-0.3, -0.25) is 4.90 Å². The number of hydrogen-bond donors (Lipinski definition) is 2. The molecule has 0 aromatic heterocycles. The minimum atomic E-state index is 0.0497. The number of nitrogens with zero attached hydrogens (tertiary/aromatic N) is 2. The number of benzene rings is 2. The van der Waals surface area contributed by atoms with Crippen LogP contribution >= 0.6 is 0 Å². The summed E-state index contributed by atoms with van der Waals surface area (Å²) in [5, 5.41) is 12.9. The molecule has 2 aliphatic rings. The molecule has 5 heteroatoms. The van der Waals surface area contributed by atoms with E-state index in [9.17, 15) is 9.90 Å². The zero-order valence-corrected chi connectivity index (χ0v) is 15.6. The van der Waals surface area contributed by atoms with Gasteiger partial charge < -0.3 is 15.3 Å². The number of hydrogen-bond acceptors (Lipinski definition) is 3. The molecule has 4 rings (SSSR count). The number of nitrogens with one attached hydrogen (secondary N) is 1. The molecular weight excluding hydrogens is 338 g/mol. The van der Waals surface area contributed by atoms with Crippen molar-refractivity contribution in [3.8, 4) is 5.75 Å². The van der Waals surface area contributed by atoms with Gasteiger partial charge in [0.05, 0.1) is 0 Å². The third-order valence-electron chi connectivity index (χ3n) is 5.57. The Bertz CT molecular complexity index is 808. The molecule has 1 fully saturated rings. The Kier molecular flexibility index (Phi) is 5.30. The van der Waals surface area contributed by atoms with Crippen LogP contribution in [-0.2, 0) is 19.5 Å². The zero-order chi connectivity index (χ0) is 18.6. The molecule has 0 spiro atoms. The third kappa shape index (κ3) is 4.42. The van der Waals surface area contributed by atoms with Gasteiger partial charge in [0.1, 0.15) is 5.75 Å². The Hall–Kier alpha value is -2.53. The molecule has 2 aromatic carbocycles. The number of phenolic OH excluding ortho intramolecular Hbond substituents is 1. The number of amides is 2. The lowest BCUT2D eigenvalue weighted by atomic mass is 10.00. The molecule has 0 saturated carbocycles. The monoisotopic (exact) mass is 365 g/mol. The molecular formula is C22H27N3O2. The fourth-order valence-corrected chi connectivity index (χ4v) is 4.16. The van der Waals surface area contributed by atoms with Crippen molar-refractivity contribution in [2.24, 2.45) is 0 Å². The summed E-state index contributed by atoms with van der Waals surface area (Å²) in [6, 6.07) is 16.0. The van der Waals surface area contributed by atoms with E-state index >= 15 is 0 Å². The number of phenols is 1. The van der Waals surface area contributed by atoms with Gasteiger partial charge in [0, 0.05) is 32.2 Å². The first-order valence-corrected chi connectivity index (χ1v) is 9.80. The molecule has 27 heavy (non-hydrogen) atoms. The van der Waals surface area contributed by atoms with Gasteiger partial charge in [0.2, 0.25) is 0 Å². The van der Waals surface area contributed by atoms with Crippen LogP contribution in [0.5, 0.6) is 5.75 Å². The van der Waals surface area contributed by atoms with Crippen molar-refractivity contribution < 1.29 is 9.90 Å². The van der Waals surface area contributed by atoms with E-state index in [-0.39, 0.29) is 12.1 Å². The largest absolute Gasteiger partial charge is 0.508 e. The SMILES string of the molecule is O=C(NC1CCCN(Cc2cccc(O)c2)C1)N1CCc2ccccc2C1. The maximum atomic E-state index is 12.7. The second kappa shape index (κ2) is 8.01. The average Bonchev–Trinajstić information content (AvgIpc) is 2.68. The summed E-state index contributed by atoms with van der Waals surface area (Å²) in [5.41, 5.74) is 3.72. The standard InChI is InChI=1S/C22H27N3O2/c26-21-9-3-5-17(13-21)14-24-11-4-8-20(16-24)23-22(27)25-12-10-18-6-1-2-7-19(18)15-25/h1-3,5-7,9,13,20,26H,4,8,10-12,14-16H2,(H,23,27). The lowest BCUT2D eigenvalue weighted by Crippen LogP contribution is -2.52. The molecule has 0 bridgehead atoms. The van der Waals surface area contributed by atoms with Crippen LogP contribution in [0.2, 0.25) is 0 Å². The molecule has 1 atom stereocenters. The highest BCUT2D eigenvalue weighted by atomic mass is 16.3. The highest BCUT2D eigenvalue weighted by Crippen LogP contribution is 2.20. The molecule has 1 saturated heterocycles. The van der Waals surface area contributed by atoms with Crippen LogP contribution < -0.4 is 5.32 Å². The van der Waals surface area contributed by atoms with Crippen molar-refractivity contribution in [1.29, 1.82) is 0 Å². The Morgan fingerprint density at radius 3 is 2.81 bits per heavy atom. The van der Waals surface area contributed by atoms with Crippen LogP contribution in [0.25, 0.3) is 0 Å². The zero-order valence-electron chi connectivity index (χ0n) is 15.6. The first-order valence-electron chi connectivity index (χ1n) is 9.80. The molecule has 5 nitrogen and oxygen atoms in total. The van der Waals surface area contributed by atoms with Crippen molar-refractivity contribution in [2.75, 3.05) is 19.6 Å². The molecule has 2 aliphatic heterocycles. The third-order valence-corrected chi connectivity index (χ3v) is 5.57. The van der Waals surface area contributed by atoms with Crippen molar-refractivity contribution in [3.63, 3.8) is 0 Å². The Morgan fingerprint density at radius 1 is 1.11 bits per heavy atom. The molecule has 142 valence electrons. The molecule has 0 aliphatic carbocycles. The second-order valence-electron chi connectivity index (χ2n) is 7.63. The van der Waals surface area contributed by atoms with Crippen molar-refractivity contribution in [1.82, 2.24) is 15.1 Å². The molecule has 0 radical (unpaired) electrons. The van der Waals surface area contributed by atoms with E-state index in [0.717, 1.165) is 51.0 Å².